The van der Waals surface area contributed by atoms with Crippen LogP contribution in [0.15, 0.2) is 36.4 Å². The molecule has 3 heteroatoms. The van der Waals surface area contributed by atoms with Gasteiger partial charge >= 0.3 is 0 Å². The van der Waals surface area contributed by atoms with E-state index in [0.717, 1.165) is 22.8 Å². The van der Waals surface area contributed by atoms with Crippen molar-refractivity contribution in [3.8, 4) is 5.75 Å². The van der Waals surface area contributed by atoms with E-state index in [1.807, 2.05) is 18.2 Å². The second-order valence-corrected chi connectivity index (χ2v) is 6.76. The summed E-state index contributed by atoms with van der Waals surface area (Å²) in [4.78, 5) is 0. The highest BCUT2D eigenvalue weighted by Crippen LogP contribution is 2.31. The van der Waals surface area contributed by atoms with E-state index in [1.165, 1.54) is 42.4 Å². The fraction of sp³-hybridized carbons (Fsp3) is 0.400. The number of halogens is 1. The van der Waals surface area contributed by atoms with Gasteiger partial charge in [-0.1, -0.05) is 29.8 Å². The number of ether oxygens (including phenoxy) is 1. The van der Waals surface area contributed by atoms with Gasteiger partial charge in [-0.05, 0) is 79.1 Å². The molecule has 3 rings (SSSR count). The summed E-state index contributed by atoms with van der Waals surface area (Å²) in [7, 11) is 1.70. The maximum atomic E-state index is 6.15. The summed E-state index contributed by atoms with van der Waals surface area (Å²) < 4.78 is 5.47. The van der Waals surface area contributed by atoms with Gasteiger partial charge in [0.25, 0.3) is 0 Å². The average Bonchev–Trinajstić information content (AvgIpc) is 2.59. The van der Waals surface area contributed by atoms with E-state index in [9.17, 15) is 0 Å². The monoisotopic (exact) mass is 329 g/mol. The summed E-state index contributed by atoms with van der Waals surface area (Å²) in [5.74, 6) is 1.17. The smallest absolute Gasteiger partial charge is 0.122 e. The molecule has 0 aromatic heterocycles. The van der Waals surface area contributed by atoms with Gasteiger partial charge in [0.2, 0.25) is 0 Å². The summed E-state index contributed by atoms with van der Waals surface area (Å²) in [6, 6.07) is 12.7. The third-order valence-electron chi connectivity index (χ3n) is 4.84. The number of aryl methyl sites for hydroxylation is 2. The van der Waals surface area contributed by atoms with Crippen molar-refractivity contribution < 1.29 is 4.74 Å². The van der Waals surface area contributed by atoms with Crippen molar-refractivity contribution in [2.45, 2.75) is 38.0 Å². The van der Waals surface area contributed by atoms with Gasteiger partial charge in [-0.25, -0.2) is 0 Å². The average molecular weight is 330 g/mol. The molecule has 0 saturated heterocycles. The molecule has 0 radical (unpaired) electrons. The predicted molar refractivity (Wildman–Crippen MR) is 96.6 cm³/mol. The molecule has 1 aliphatic rings. The van der Waals surface area contributed by atoms with Gasteiger partial charge in [0.05, 0.1) is 7.11 Å². The van der Waals surface area contributed by atoms with E-state index in [1.54, 1.807) is 7.11 Å². The molecule has 1 atom stereocenters. The Morgan fingerprint density at radius 1 is 1.09 bits per heavy atom. The molecule has 2 N–H and O–H groups in total. The van der Waals surface area contributed by atoms with E-state index < -0.39 is 0 Å². The lowest BCUT2D eigenvalue weighted by molar-refractivity contribution is 0.408. The number of methoxy groups -OCH3 is 1. The zero-order valence-electron chi connectivity index (χ0n) is 13.6. The van der Waals surface area contributed by atoms with Crippen LogP contribution in [0.1, 0.15) is 41.0 Å². The first-order chi connectivity index (χ1) is 11.2. The molecule has 0 heterocycles. The number of benzene rings is 2. The standard InChI is InChI=1S/C20H24ClNO/c1-23-20-9-8-19(21)12-17(20)11-18(13-22)16-7-6-14-4-2-3-5-15(14)10-16/h6-10,12,18H,2-5,11,13,22H2,1H3. The van der Waals surface area contributed by atoms with Gasteiger partial charge in [0.1, 0.15) is 5.75 Å². The van der Waals surface area contributed by atoms with Crippen molar-refractivity contribution in [3.63, 3.8) is 0 Å². The lowest BCUT2D eigenvalue weighted by Gasteiger charge is -2.21. The van der Waals surface area contributed by atoms with Crippen LogP contribution in [0.25, 0.3) is 0 Å². The number of hydrogen-bond donors (Lipinski definition) is 1. The minimum atomic E-state index is 0.287. The summed E-state index contributed by atoms with van der Waals surface area (Å²) >= 11 is 6.15. The van der Waals surface area contributed by atoms with Crippen LogP contribution in [0, 0.1) is 0 Å². The molecule has 0 amide bonds. The van der Waals surface area contributed by atoms with Crippen LogP contribution in [0.2, 0.25) is 5.02 Å². The van der Waals surface area contributed by atoms with Gasteiger partial charge in [-0.15, -0.1) is 0 Å². The number of fused-ring (bicyclic) bond motifs is 1. The largest absolute Gasteiger partial charge is 0.496 e. The van der Waals surface area contributed by atoms with Crippen LogP contribution >= 0.6 is 11.6 Å². The summed E-state index contributed by atoms with van der Waals surface area (Å²) in [6.07, 6.45) is 5.86. The zero-order chi connectivity index (χ0) is 16.2. The lowest BCUT2D eigenvalue weighted by Crippen LogP contribution is -2.16. The van der Waals surface area contributed by atoms with Crippen LogP contribution in [-0.2, 0) is 19.3 Å². The third-order valence-corrected chi connectivity index (χ3v) is 5.07. The molecule has 1 unspecified atom stereocenters. The van der Waals surface area contributed by atoms with Gasteiger partial charge in [-0.2, -0.15) is 0 Å². The molecule has 1 aliphatic carbocycles. The lowest BCUT2D eigenvalue weighted by atomic mass is 9.85. The Balaban J connectivity index is 1.87. The Labute approximate surface area is 143 Å². The number of rotatable bonds is 5. The van der Waals surface area contributed by atoms with E-state index in [0.29, 0.717) is 6.54 Å². The molecule has 0 spiro atoms. The molecule has 122 valence electrons. The Kier molecular flexibility index (Phi) is 5.24. The molecule has 2 nitrogen and oxygen atoms in total. The first kappa shape index (κ1) is 16.4. The van der Waals surface area contributed by atoms with Crippen molar-refractivity contribution >= 4 is 11.6 Å². The predicted octanol–water partition coefficient (Wildman–Crippen LogP) is 4.51. The highest BCUT2D eigenvalue weighted by molar-refractivity contribution is 6.30. The normalized spacial score (nSPS) is 15.1. The molecule has 23 heavy (non-hydrogen) atoms. The van der Waals surface area contributed by atoms with Crippen LogP contribution in [0.4, 0.5) is 0 Å². The number of hydrogen-bond acceptors (Lipinski definition) is 2. The second-order valence-electron chi connectivity index (χ2n) is 6.33. The van der Waals surface area contributed by atoms with Crippen molar-refractivity contribution in [1.82, 2.24) is 0 Å². The van der Waals surface area contributed by atoms with E-state index in [-0.39, 0.29) is 5.92 Å². The van der Waals surface area contributed by atoms with Gasteiger partial charge in [0, 0.05) is 10.9 Å². The molecule has 0 fully saturated rings. The highest BCUT2D eigenvalue weighted by atomic mass is 35.5. The van der Waals surface area contributed by atoms with E-state index in [4.69, 9.17) is 22.1 Å². The molecule has 2 aromatic carbocycles. The van der Waals surface area contributed by atoms with Crippen molar-refractivity contribution in [1.29, 1.82) is 0 Å². The van der Waals surface area contributed by atoms with E-state index in [2.05, 4.69) is 18.2 Å². The maximum absolute atomic E-state index is 6.15. The van der Waals surface area contributed by atoms with E-state index >= 15 is 0 Å². The minimum absolute atomic E-state index is 0.287. The van der Waals surface area contributed by atoms with Crippen molar-refractivity contribution in [2.24, 2.45) is 5.73 Å². The molecule has 0 aliphatic heterocycles. The topological polar surface area (TPSA) is 35.2 Å². The van der Waals surface area contributed by atoms with Gasteiger partial charge < -0.3 is 10.5 Å². The highest BCUT2D eigenvalue weighted by Gasteiger charge is 2.17. The second kappa shape index (κ2) is 7.37. The molecule has 0 bridgehead atoms. The first-order valence-electron chi connectivity index (χ1n) is 8.35. The quantitative estimate of drug-likeness (QED) is 0.875. The Hall–Kier alpha value is -1.51. The molecular formula is C20H24ClNO. The summed E-state index contributed by atoms with van der Waals surface area (Å²) in [5.41, 5.74) is 11.5. The molecular weight excluding hydrogens is 306 g/mol. The Morgan fingerprint density at radius 2 is 1.87 bits per heavy atom. The Bertz CT molecular complexity index is 683. The van der Waals surface area contributed by atoms with Crippen molar-refractivity contribution in [3.05, 3.63) is 63.7 Å². The zero-order valence-corrected chi connectivity index (χ0v) is 14.4. The van der Waals surface area contributed by atoms with Crippen LogP contribution in [-0.4, -0.2) is 13.7 Å². The summed E-state index contributed by atoms with van der Waals surface area (Å²) in [6.45, 7) is 0.619. The Morgan fingerprint density at radius 3 is 2.61 bits per heavy atom. The third kappa shape index (κ3) is 3.70. The molecule has 0 saturated carbocycles. The summed E-state index contributed by atoms with van der Waals surface area (Å²) in [5, 5.41) is 0.738. The van der Waals surface area contributed by atoms with Crippen molar-refractivity contribution in [2.75, 3.05) is 13.7 Å². The SMILES string of the molecule is COc1ccc(Cl)cc1CC(CN)c1ccc2c(c1)CCCC2. The van der Waals surface area contributed by atoms with Gasteiger partial charge in [0.15, 0.2) is 0 Å². The fourth-order valence-electron chi connectivity index (χ4n) is 3.52. The maximum Gasteiger partial charge on any atom is 0.122 e. The van der Waals surface area contributed by atoms with Crippen LogP contribution in [0.3, 0.4) is 0 Å². The van der Waals surface area contributed by atoms with Crippen LogP contribution < -0.4 is 10.5 Å². The fourth-order valence-corrected chi connectivity index (χ4v) is 3.71. The van der Waals surface area contributed by atoms with Gasteiger partial charge in [-0.3, -0.25) is 0 Å². The minimum Gasteiger partial charge on any atom is -0.496 e. The number of nitrogens with two attached hydrogens (primary N) is 1. The molecule has 2 aromatic rings. The first-order valence-corrected chi connectivity index (χ1v) is 8.73. The van der Waals surface area contributed by atoms with Crippen LogP contribution in [0.5, 0.6) is 5.75 Å².